The second kappa shape index (κ2) is 4.45. The van der Waals surface area contributed by atoms with E-state index in [0.29, 0.717) is 0 Å². The van der Waals surface area contributed by atoms with Crippen molar-refractivity contribution in [3.8, 4) is 0 Å². The lowest BCUT2D eigenvalue weighted by atomic mass is 9.81. The van der Waals surface area contributed by atoms with Gasteiger partial charge in [-0.25, -0.2) is 4.98 Å². The topological polar surface area (TPSA) is 40.7 Å². The van der Waals surface area contributed by atoms with Crippen LogP contribution in [-0.4, -0.2) is 16.5 Å². The van der Waals surface area contributed by atoms with Crippen molar-refractivity contribution in [2.24, 2.45) is 0 Å². The Balaban J connectivity index is 2.02. The summed E-state index contributed by atoms with van der Waals surface area (Å²) in [5.74, 6) is 0. The molecule has 1 aliphatic heterocycles. The molecule has 3 nitrogen and oxygen atoms in total. The summed E-state index contributed by atoms with van der Waals surface area (Å²) in [4.78, 5) is 7.81. The number of rotatable bonds is 1. The second-order valence-electron chi connectivity index (χ2n) is 6.86. The fourth-order valence-corrected chi connectivity index (χ4v) is 3.01. The van der Waals surface area contributed by atoms with Gasteiger partial charge < -0.3 is 10.3 Å². The zero-order valence-electron chi connectivity index (χ0n) is 12.7. The van der Waals surface area contributed by atoms with Crippen LogP contribution < -0.4 is 5.32 Å². The minimum atomic E-state index is -0.190. The third kappa shape index (κ3) is 2.06. The van der Waals surface area contributed by atoms with E-state index in [-0.39, 0.29) is 11.0 Å². The first kappa shape index (κ1) is 13.4. The van der Waals surface area contributed by atoms with Gasteiger partial charge in [0.2, 0.25) is 0 Å². The van der Waals surface area contributed by atoms with Crippen LogP contribution in [0.2, 0.25) is 0 Å². The summed E-state index contributed by atoms with van der Waals surface area (Å²) in [6.07, 6.45) is 2.82. The molecule has 0 spiro atoms. The SMILES string of the molecule is CC(C)(C)c1ccc(C2(C)NCCc3[nH]cnc32)cc1. The molecule has 1 aromatic heterocycles. The van der Waals surface area contributed by atoms with Crippen LogP contribution in [0, 0.1) is 0 Å². The number of benzene rings is 1. The van der Waals surface area contributed by atoms with Gasteiger partial charge in [-0.2, -0.15) is 0 Å². The van der Waals surface area contributed by atoms with Gasteiger partial charge in [0.25, 0.3) is 0 Å². The minimum absolute atomic E-state index is 0.190. The van der Waals surface area contributed by atoms with Crippen LogP contribution in [0.15, 0.2) is 30.6 Å². The number of fused-ring (bicyclic) bond motifs is 1. The molecular weight excluding hydrogens is 246 g/mol. The highest BCUT2D eigenvalue weighted by molar-refractivity contribution is 5.40. The van der Waals surface area contributed by atoms with E-state index < -0.39 is 0 Å². The summed E-state index contributed by atoms with van der Waals surface area (Å²) in [5.41, 5.74) is 5.03. The van der Waals surface area contributed by atoms with Crippen molar-refractivity contribution in [3.63, 3.8) is 0 Å². The average Bonchev–Trinajstić information content (AvgIpc) is 2.88. The van der Waals surface area contributed by atoms with Crippen molar-refractivity contribution in [1.82, 2.24) is 15.3 Å². The first-order valence-electron chi connectivity index (χ1n) is 7.30. The Morgan fingerprint density at radius 2 is 1.85 bits per heavy atom. The van der Waals surface area contributed by atoms with Gasteiger partial charge in [0.05, 0.1) is 17.6 Å². The molecule has 1 atom stereocenters. The van der Waals surface area contributed by atoms with Crippen molar-refractivity contribution in [1.29, 1.82) is 0 Å². The Labute approximate surface area is 120 Å². The van der Waals surface area contributed by atoms with Gasteiger partial charge >= 0.3 is 0 Å². The van der Waals surface area contributed by atoms with E-state index in [4.69, 9.17) is 0 Å². The Morgan fingerprint density at radius 3 is 2.50 bits per heavy atom. The molecule has 0 saturated heterocycles. The van der Waals surface area contributed by atoms with Crippen LogP contribution in [0.4, 0.5) is 0 Å². The van der Waals surface area contributed by atoms with Gasteiger partial charge in [0, 0.05) is 18.7 Å². The van der Waals surface area contributed by atoms with Gasteiger partial charge in [-0.3, -0.25) is 0 Å². The molecule has 0 saturated carbocycles. The van der Waals surface area contributed by atoms with Gasteiger partial charge in [0.15, 0.2) is 0 Å². The first-order chi connectivity index (χ1) is 9.41. The Bertz CT molecular complexity index is 604. The summed E-state index contributed by atoms with van der Waals surface area (Å²) in [6.45, 7) is 9.93. The maximum atomic E-state index is 4.54. The van der Waals surface area contributed by atoms with Crippen LogP contribution in [0.5, 0.6) is 0 Å². The molecule has 1 aromatic carbocycles. The zero-order valence-corrected chi connectivity index (χ0v) is 12.7. The van der Waals surface area contributed by atoms with E-state index in [1.54, 1.807) is 6.33 Å². The van der Waals surface area contributed by atoms with Crippen LogP contribution in [0.1, 0.15) is 50.2 Å². The molecule has 0 amide bonds. The zero-order chi connectivity index (χ0) is 14.4. The molecule has 2 heterocycles. The van der Waals surface area contributed by atoms with E-state index in [0.717, 1.165) is 18.7 Å². The smallest absolute Gasteiger partial charge is 0.0926 e. The number of H-pyrrole nitrogens is 1. The predicted molar refractivity (Wildman–Crippen MR) is 81.9 cm³/mol. The molecule has 0 aliphatic carbocycles. The normalized spacial score (nSPS) is 22.6. The summed E-state index contributed by atoms with van der Waals surface area (Å²) in [5, 5.41) is 3.63. The quantitative estimate of drug-likeness (QED) is 0.835. The van der Waals surface area contributed by atoms with Crippen LogP contribution >= 0.6 is 0 Å². The molecule has 0 radical (unpaired) electrons. The second-order valence-corrected chi connectivity index (χ2v) is 6.86. The Kier molecular flexibility index (Phi) is 2.98. The number of imidazole rings is 1. The van der Waals surface area contributed by atoms with Crippen molar-refractivity contribution in [3.05, 3.63) is 53.1 Å². The van der Waals surface area contributed by atoms with Crippen molar-refractivity contribution in [2.45, 2.75) is 45.1 Å². The maximum absolute atomic E-state index is 4.54. The van der Waals surface area contributed by atoms with E-state index in [1.807, 2.05) is 0 Å². The summed E-state index contributed by atoms with van der Waals surface area (Å²) < 4.78 is 0. The highest BCUT2D eigenvalue weighted by Gasteiger charge is 2.35. The molecule has 2 aromatic rings. The molecular formula is C17H23N3. The fraction of sp³-hybridized carbons (Fsp3) is 0.471. The molecule has 0 bridgehead atoms. The van der Waals surface area contributed by atoms with E-state index in [1.165, 1.54) is 16.8 Å². The standard InChI is InChI=1S/C17H23N3/c1-16(2,3)12-5-7-13(8-6-12)17(4)15-14(9-10-20-17)18-11-19-15/h5-8,11,20H,9-10H2,1-4H3,(H,18,19). The molecule has 0 fully saturated rings. The maximum Gasteiger partial charge on any atom is 0.0926 e. The molecule has 106 valence electrons. The third-order valence-electron chi connectivity index (χ3n) is 4.37. The van der Waals surface area contributed by atoms with E-state index in [2.05, 4.69) is 67.2 Å². The minimum Gasteiger partial charge on any atom is -0.348 e. The fourth-order valence-electron chi connectivity index (χ4n) is 3.01. The van der Waals surface area contributed by atoms with Gasteiger partial charge in [-0.05, 0) is 23.5 Å². The summed E-state index contributed by atoms with van der Waals surface area (Å²) >= 11 is 0. The lowest BCUT2D eigenvalue weighted by Crippen LogP contribution is -2.46. The van der Waals surface area contributed by atoms with E-state index >= 15 is 0 Å². The molecule has 3 rings (SSSR count). The molecule has 1 aliphatic rings. The highest BCUT2D eigenvalue weighted by atomic mass is 15.1. The molecule has 3 heteroatoms. The Morgan fingerprint density at radius 1 is 1.15 bits per heavy atom. The first-order valence-corrected chi connectivity index (χ1v) is 7.30. The van der Waals surface area contributed by atoms with Gasteiger partial charge in [-0.1, -0.05) is 45.0 Å². The number of nitrogens with one attached hydrogen (secondary N) is 2. The summed E-state index contributed by atoms with van der Waals surface area (Å²) in [6, 6.07) is 8.95. The largest absolute Gasteiger partial charge is 0.348 e. The number of hydrogen-bond donors (Lipinski definition) is 2. The summed E-state index contributed by atoms with van der Waals surface area (Å²) in [7, 11) is 0. The van der Waals surface area contributed by atoms with Gasteiger partial charge in [0.1, 0.15) is 0 Å². The number of aromatic amines is 1. The third-order valence-corrected chi connectivity index (χ3v) is 4.37. The monoisotopic (exact) mass is 269 g/mol. The average molecular weight is 269 g/mol. The lowest BCUT2D eigenvalue weighted by Gasteiger charge is -2.35. The number of nitrogens with zero attached hydrogens (tertiary/aromatic N) is 1. The van der Waals surface area contributed by atoms with Crippen molar-refractivity contribution < 1.29 is 0 Å². The predicted octanol–water partition coefficient (Wildman–Crippen LogP) is 3.12. The molecule has 2 N–H and O–H groups in total. The van der Waals surface area contributed by atoms with Gasteiger partial charge in [-0.15, -0.1) is 0 Å². The molecule has 1 unspecified atom stereocenters. The number of hydrogen-bond acceptors (Lipinski definition) is 2. The van der Waals surface area contributed by atoms with Crippen LogP contribution in [0.3, 0.4) is 0 Å². The van der Waals surface area contributed by atoms with Crippen LogP contribution in [-0.2, 0) is 17.4 Å². The Hall–Kier alpha value is -1.61. The van der Waals surface area contributed by atoms with E-state index in [9.17, 15) is 0 Å². The van der Waals surface area contributed by atoms with Crippen molar-refractivity contribution >= 4 is 0 Å². The van der Waals surface area contributed by atoms with Crippen LogP contribution in [0.25, 0.3) is 0 Å². The van der Waals surface area contributed by atoms with Crippen molar-refractivity contribution in [2.75, 3.05) is 6.54 Å². The highest BCUT2D eigenvalue weighted by Crippen LogP contribution is 2.33. The molecule has 20 heavy (non-hydrogen) atoms. The lowest BCUT2D eigenvalue weighted by molar-refractivity contribution is 0.403. The number of aromatic nitrogens is 2.